The smallest absolute Gasteiger partial charge is 0.319 e. The number of rotatable bonds is 6. The van der Waals surface area contributed by atoms with Crippen molar-refractivity contribution in [1.29, 1.82) is 0 Å². The van der Waals surface area contributed by atoms with Crippen LogP contribution in [0.3, 0.4) is 0 Å². The molecule has 134 valence electrons. The first-order chi connectivity index (χ1) is 12.1. The molecule has 6 heteroatoms. The van der Waals surface area contributed by atoms with Gasteiger partial charge in [0.1, 0.15) is 0 Å². The zero-order valence-corrected chi connectivity index (χ0v) is 14.8. The quantitative estimate of drug-likeness (QED) is 0.865. The van der Waals surface area contributed by atoms with Gasteiger partial charge in [-0.1, -0.05) is 30.3 Å². The van der Waals surface area contributed by atoms with Gasteiger partial charge in [-0.25, -0.2) is 4.98 Å². The molecule has 6 nitrogen and oxygen atoms in total. The van der Waals surface area contributed by atoms with E-state index in [0.29, 0.717) is 24.3 Å². The van der Waals surface area contributed by atoms with Crippen LogP contribution in [-0.4, -0.2) is 53.8 Å². The maximum absolute atomic E-state index is 11.1. The largest absolute Gasteiger partial charge is 0.481 e. The fraction of sp³-hybridized carbons (Fsp3) is 0.474. The highest BCUT2D eigenvalue weighted by molar-refractivity contribution is 5.32. The lowest BCUT2D eigenvalue weighted by atomic mass is 9.85. The van der Waals surface area contributed by atoms with E-state index in [1.165, 1.54) is 12.7 Å². The zero-order valence-electron chi connectivity index (χ0n) is 14.8. The van der Waals surface area contributed by atoms with Crippen LogP contribution in [-0.2, 0) is 12.0 Å². The zero-order chi connectivity index (χ0) is 17.7. The molecule has 1 aromatic carbocycles. The summed E-state index contributed by atoms with van der Waals surface area (Å²) in [6.07, 6.45) is 3.90. The summed E-state index contributed by atoms with van der Waals surface area (Å²) in [5, 5.41) is 11.1. The van der Waals surface area contributed by atoms with Gasteiger partial charge >= 0.3 is 6.01 Å². The number of likely N-dealkylation sites (tertiary alicyclic amines) is 1. The Morgan fingerprint density at radius 1 is 1.12 bits per heavy atom. The summed E-state index contributed by atoms with van der Waals surface area (Å²) in [7, 11) is 3.05. The molecule has 1 saturated heterocycles. The Labute approximate surface area is 148 Å². The summed E-state index contributed by atoms with van der Waals surface area (Å²) in [6, 6.07) is 10.7. The Balaban J connectivity index is 1.62. The van der Waals surface area contributed by atoms with Crippen LogP contribution in [0.1, 0.15) is 24.0 Å². The summed E-state index contributed by atoms with van der Waals surface area (Å²) < 4.78 is 10.4. The molecule has 1 aliphatic rings. The van der Waals surface area contributed by atoms with Crippen molar-refractivity contribution in [3.05, 3.63) is 47.7 Å². The second kappa shape index (κ2) is 7.80. The maximum atomic E-state index is 11.1. The average molecular weight is 343 g/mol. The topological polar surface area (TPSA) is 67.7 Å². The molecule has 25 heavy (non-hydrogen) atoms. The van der Waals surface area contributed by atoms with Crippen molar-refractivity contribution in [2.45, 2.75) is 24.9 Å². The molecule has 3 rings (SSSR count). The Kier molecular flexibility index (Phi) is 5.50. The Morgan fingerprint density at radius 3 is 2.48 bits per heavy atom. The molecule has 0 radical (unpaired) electrons. The highest BCUT2D eigenvalue weighted by Crippen LogP contribution is 2.37. The molecule has 1 fully saturated rings. The number of aliphatic hydroxyl groups is 1. The van der Waals surface area contributed by atoms with Gasteiger partial charge in [-0.15, -0.1) is 0 Å². The van der Waals surface area contributed by atoms with Crippen molar-refractivity contribution in [2.75, 3.05) is 33.9 Å². The van der Waals surface area contributed by atoms with Gasteiger partial charge in [0.15, 0.2) is 0 Å². The van der Waals surface area contributed by atoms with Gasteiger partial charge in [0.25, 0.3) is 0 Å². The Hall–Kier alpha value is -2.18. The molecule has 0 aliphatic carbocycles. The molecule has 2 heterocycles. The van der Waals surface area contributed by atoms with E-state index in [0.717, 1.165) is 26.1 Å². The van der Waals surface area contributed by atoms with E-state index in [1.807, 2.05) is 6.07 Å². The molecule has 0 unspecified atom stereocenters. The minimum atomic E-state index is -0.957. The molecule has 1 aliphatic heterocycles. The van der Waals surface area contributed by atoms with Crippen LogP contribution in [0.4, 0.5) is 0 Å². The molecule has 0 atom stereocenters. The summed E-state index contributed by atoms with van der Waals surface area (Å²) in [5.74, 6) is 0.382. The van der Waals surface area contributed by atoms with E-state index in [4.69, 9.17) is 9.47 Å². The summed E-state index contributed by atoms with van der Waals surface area (Å²) in [6.45, 7) is 2.66. The lowest BCUT2D eigenvalue weighted by Crippen LogP contribution is -2.43. The van der Waals surface area contributed by atoms with Crippen LogP contribution in [0.25, 0.3) is 0 Å². The Bertz CT molecular complexity index is 686. The second-order valence-electron chi connectivity index (χ2n) is 6.39. The van der Waals surface area contributed by atoms with Crippen molar-refractivity contribution in [2.24, 2.45) is 0 Å². The number of benzene rings is 1. The number of hydrogen-bond acceptors (Lipinski definition) is 6. The first-order valence-electron chi connectivity index (χ1n) is 8.59. The first-order valence-corrected chi connectivity index (χ1v) is 8.59. The minimum Gasteiger partial charge on any atom is -0.481 e. The Morgan fingerprint density at radius 2 is 1.84 bits per heavy atom. The molecular formula is C19H25N3O3. The van der Waals surface area contributed by atoms with Crippen LogP contribution >= 0.6 is 0 Å². The predicted octanol–water partition coefficient (Wildman–Crippen LogP) is 2.02. The lowest BCUT2D eigenvalue weighted by Gasteiger charge is -2.38. The van der Waals surface area contributed by atoms with Crippen LogP contribution < -0.4 is 9.47 Å². The highest BCUT2D eigenvalue weighted by Gasteiger charge is 2.37. The van der Waals surface area contributed by atoms with Gasteiger partial charge in [-0.3, -0.25) is 0 Å². The maximum Gasteiger partial charge on any atom is 0.319 e. The van der Waals surface area contributed by atoms with Gasteiger partial charge in [0, 0.05) is 25.8 Å². The van der Waals surface area contributed by atoms with Gasteiger partial charge < -0.3 is 19.5 Å². The van der Waals surface area contributed by atoms with Gasteiger partial charge in [-0.05, 0) is 24.8 Å². The fourth-order valence-electron chi connectivity index (χ4n) is 3.27. The number of ether oxygens (including phenoxy) is 2. The first kappa shape index (κ1) is 17.6. The van der Waals surface area contributed by atoms with Gasteiger partial charge in [-0.2, -0.15) is 4.98 Å². The third-order valence-corrected chi connectivity index (χ3v) is 4.85. The molecule has 1 N–H and O–H groups in total. The minimum absolute atomic E-state index is 0.240. The van der Waals surface area contributed by atoms with E-state index < -0.39 is 5.60 Å². The van der Waals surface area contributed by atoms with Crippen LogP contribution in [0.5, 0.6) is 11.9 Å². The molecule has 0 spiro atoms. The van der Waals surface area contributed by atoms with Crippen molar-refractivity contribution in [3.63, 3.8) is 0 Å². The number of aromatic nitrogens is 2. The van der Waals surface area contributed by atoms with E-state index in [2.05, 4.69) is 39.1 Å². The standard InChI is InChI=1S/C19H25N3O3/c1-24-17-16(14-20-18(21-17)25-2)19(23)9-12-22(13-10-19)11-8-15-6-4-3-5-7-15/h3-7,14,23H,8-13H2,1-2H3. The van der Waals surface area contributed by atoms with Crippen LogP contribution in [0.15, 0.2) is 36.5 Å². The predicted molar refractivity (Wildman–Crippen MR) is 94.9 cm³/mol. The molecule has 0 amide bonds. The van der Waals surface area contributed by atoms with Gasteiger partial charge in [0.2, 0.25) is 5.88 Å². The number of hydrogen-bond donors (Lipinski definition) is 1. The number of nitrogens with zero attached hydrogens (tertiary/aromatic N) is 3. The third kappa shape index (κ3) is 4.08. The van der Waals surface area contributed by atoms with E-state index in [1.54, 1.807) is 13.3 Å². The highest BCUT2D eigenvalue weighted by atomic mass is 16.5. The van der Waals surface area contributed by atoms with Crippen LogP contribution in [0.2, 0.25) is 0 Å². The van der Waals surface area contributed by atoms with Crippen molar-refractivity contribution in [3.8, 4) is 11.9 Å². The monoisotopic (exact) mass is 343 g/mol. The van der Waals surface area contributed by atoms with E-state index in [-0.39, 0.29) is 6.01 Å². The van der Waals surface area contributed by atoms with Crippen molar-refractivity contribution in [1.82, 2.24) is 14.9 Å². The lowest BCUT2D eigenvalue weighted by molar-refractivity contribution is -0.0279. The molecular weight excluding hydrogens is 318 g/mol. The van der Waals surface area contributed by atoms with Crippen LogP contribution in [0, 0.1) is 0 Å². The van der Waals surface area contributed by atoms with E-state index >= 15 is 0 Å². The summed E-state index contributed by atoms with van der Waals surface area (Å²) >= 11 is 0. The second-order valence-corrected chi connectivity index (χ2v) is 6.39. The number of piperidine rings is 1. The molecule has 1 aromatic heterocycles. The molecule has 2 aromatic rings. The number of methoxy groups -OCH3 is 2. The molecule has 0 bridgehead atoms. The fourth-order valence-corrected chi connectivity index (χ4v) is 3.27. The average Bonchev–Trinajstić information content (AvgIpc) is 2.68. The van der Waals surface area contributed by atoms with E-state index in [9.17, 15) is 5.11 Å². The van der Waals surface area contributed by atoms with Gasteiger partial charge in [0.05, 0.1) is 25.4 Å². The molecule has 0 saturated carbocycles. The van der Waals surface area contributed by atoms with Crippen molar-refractivity contribution < 1.29 is 14.6 Å². The van der Waals surface area contributed by atoms with Crippen molar-refractivity contribution >= 4 is 0 Å². The summed E-state index contributed by atoms with van der Waals surface area (Å²) in [4.78, 5) is 10.7. The SMILES string of the molecule is COc1ncc(C2(O)CCN(CCc3ccccc3)CC2)c(OC)n1. The normalized spacial score (nSPS) is 17.2. The summed E-state index contributed by atoms with van der Waals surface area (Å²) in [5.41, 5.74) is 1.02. The third-order valence-electron chi connectivity index (χ3n) is 4.85.